The normalized spacial score (nSPS) is 16.1. The maximum atomic E-state index is 15.8. The SMILES string of the molecule is [2H]C([2H])([2H])NC(=O)Oc1nc(-c2cnn(C)c2-c2c(F)cc3c(c2C#N)OC2(CC2)C(=O)N3)cc2c(CCl)n[nH]c(=O)c12. The van der Waals surface area contributed by atoms with Crippen molar-refractivity contribution >= 4 is 40.1 Å². The lowest BCUT2D eigenvalue weighted by Gasteiger charge is -2.27. The molecule has 1 aliphatic carbocycles. The number of aromatic amines is 1. The van der Waals surface area contributed by atoms with Gasteiger partial charge in [0.2, 0.25) is 5.88 Å². The largest absolute Gasteiger partial charge is 0.474 e. The number of amides is 2. The van der Waals surface area contributed by atoms with Gasteiger partial charge in [0.15, 0.2) is 11.4 Å². The summed E-state index contributed by atoms with van der Waals surface area (Å²) in [6, 6.07) is 4.40. The van der Waals surface area contributed by atoms with Gasteiger partial charge in [0.25, 0.3) is 11.5 Å². The molecule has 1 saturated carbocycles. The topological polar surface area (TPSA) is 177 Å². The minimum absolute atomic E-state index is 0.000129. The standard InChI is InChI=1S/C25H18ClFN8O5/c1-29-24(38)39-22-18-10(16(7-26)33-34-21(18)36)5-14(31-22)12-9-30-35(2)19(12)17-11(8-28)20-15(6-13(17)27)32-23(37)25(40-20)3-4-25/h5-6,9H,3-4,7H2,1-2H3,(H,29,38)(H,32,37)(H,34,36)/i1D3. The van der Waals surface area contributed by atoms with E-state index in [2.05, 4.69) is 25.6 Å². The molecule has 1 aliphatic heterocycles. The maximum absolute atomic E-state index is 15.8. The Balaban J connectivity index is 1.57. The zero-order valence-corrected chi connectivity index (χ0v) is 21.1. The van der Waals surface area contributed by atoms with Gasteiger partial charge >= 0.3 is 6.09 Å². The van der Waals surface area contributed by atoms with Crippen LogP contribution in [0.2, 0.25) is 0 Å². The monoisotopic (exact) mass is 567 g/mol. The van der Waals surface area contributed by atoms with Crippen LogP contribution in [-0.4, -0.2) is 49.5 Å². The van der Waals surface area contributed by atoms with Gasteiger partial charge in [0.05, 0.1) is 40.4 Å². The first-order valence-electron chi connectivity index (χ1n) is 13.1. The highest BCUT2D eigenvalue weighted by Crippen LogP contribution is 2.51. The van der Waals surface area contributed by atoms with Crippen LogP contribution in [0.25, 0.3) is 33.3 Å². The van der Waals surface area contributed by atoms with Crippen molar-refractivity contribution in [1.29, 1.82) is 5.26 Å². The molecule has 3 aromatic heterocycles. The third-order valence-corrected chi connectivity index (χ3v) is 6.95. The number of benzene rings is 1. The van der Waals surface area contributed by atoms with Crippen molar-refractivity contribution in [2.24, 2.45) is 7.05 Å². The molecule has 2 amide bonds. The molecule has 1 spiro atoms. The molecule has 6 rings (SSSR count). The lowest BCUT2D eigenvalue weighted by Crippen LogP contribution is -2.39. The maximum Gasteiger partial charge on any atom is 0.413 e. The van der Waals surface area contributed by atoms with Crippen molar-refractivity contribution in [3.8, 4) is 40.2 Å². The Kier molecular flexibility index (Phi) is 4.93. The highest BCUT2D eigenvalue weighted by molar-refractivity contribution is 6.18. The number of halogens is 2. The molecule has 4 aromatic rings. The van der Waals surface area contributed by atoms with Gasteiger partial charge in [-0.25, -0.2) is 19.3 Å². The molecule has 3 N–H and O–H groups in total. The lowest BCUT2D eigenvalue weighted by atomic mass is 9.96. The minimum Gasteiger partial charge on any atom is -0.474 e. The molecule has 13 nitrogen and oxygen atoms in total. The van der Waals surface area contributed by atoms with Gasteiger partial charge in [-0.2, -0.15) is 15.5 Å². The van der Waals surface area contributed by atoms with Crippen LogP contribution in [0.3, 0.4) is 0 Å². The number of aromatic nitrogens is 5. The van der Waals surface area contributed by atoms with E-state index >= 15 is 4.39 Å². The number of aryl methyl sites for hydroxylation is 1. The summed E-state index contributed by atoms with van der Waals surface area (Å²) in [5.74, 6) is -2.09. The van der Waals surface area contributed by atoms with Gasteiger partial charge in [0, 0.05) is 48.0 Å². The number of nitrogens with one attached hydrogen (secondary N) is 3. The van der Waals surface area contributed by atoms with Crippen molar-refractivity contribution in [2.45, 2.75) is 24.3 Å². The fourth-order valence-corrected chi connectivity index (χ4v) is 4.84. The first kappa shape index (κ1) is 21.9. The van der Waals surface area contributed by atoms with Crippen LogP contribution in [0.1, 0.15) is 28.2 Å². The third-order valence-electron chi connectivity index (χ3n) is 6.69. The number of ether oxygens (including phenoxy) is 2. The molecular weight excluding hydrogens is 547 g/mol. The predicted molar refractivity (Wildman–Crippen MR) is 138 cm³/mol. The smallest absolute Gasteiger partial charge is 0.413 e. The van der Waals surface area contributed by atoms with Crippen molar-refractivity contribution in [3.05, 3.63) is 45.8 Å². The van der Waals surface area contributed by atoms with Crippen LogP contribution in [0.15, 0.2) is 23.1 Å². The molecule has 0 saturated heterocycles. The van der Waals surface area contributed by atoms with Crippen molar-refractivity contribution in [2.75, 3.05) is 12.3 Å². The van der Waals surface area contributed by atoms with Crippen molar-refractivity contribution in [3.63, 3.8) is 0 Å². The minimum atomic E-state index is -2.91. The Labute approximate surface area is 233 Å². The number of carbonyl (C=O) groups is 2. The Morgan fingerprint density at radius 1 is 1.43 bits per heavy atom. The van der Waals surface area contributed by atoms with Crippen LogP contribution in [0, 0.1) is 17.1 Å². The first-order chi connectivity index (χ1) is 20.4. The van der Waals surface area contributed by atoms with E-state index in [-0.39, 0.29) is 61.9 Å². The summed E-state index contributed by atoms with van der Waals surface area (Å²) in [4.78, 5) is 41.9. The molecule has 1 fully saturated rings. The van der Waals surface area contributed by atoms with Crippen LogP contribution in [0.5, 0.6) is 11.6 Å². The van der Waals surface area contributed by atoms with Crippen molar-refractivity contribution < 1.29 is 27.6 Å². The van der Waals surface area contributed by atoms with E-state index in [4.69, 9.17) is 25.2 Å². The molecule has 202 valence electrons. The summed E-state index contributed by atoms with van der Waals surface area (Å²) in [6.45, 7) is -2.91. The van der Waals surface area contributed by atoms with E-state index in [9.17, 15) is 19.6 Å². The summed E-state index contributed by atoms with van der Waals surface area (Å²) in [6.07, 6.45) is 0.743. The molecule has 1 aromatic carbocycles. The second-order valence-electron chi connectivity index (χ2n) is 9.06. The van der Waals surface area contributed by atoms with E-state index in [1.165, 1.54) is 24.0 Å². The van der Waals surface area contributed by atoms with Crippen molar-refractivity contribution in [1.82, 2.24) is 30.3 Å². The van der Waals surface area contributed by atoms with Crippen LogP contribution in [-0.2, 0) is 17.7 Å². The van der Waals surface area contributed by atoms with Crippen LogP contribution in [0.4, 0.5) is 14.9 Å². The fraction of sp³-hybridized carbons (Fsp3) is 0.240. The number of hydrogen-bond donors (Lipinski definition) is 3. The average Bonchev–Trinajstić information content (AvgIpc) is 3.61. The molecule has 0 bridgehead atoms. The molecular formula is C25H18ClFN8O5. The lowest BCUT2D eigenvalue weighted by molar-refractivity contribution is -0.125. The number of alkyl halides is 1. The summed E-state index contributed by atoms with van der Waals surface area (Å²) in [7, 11) is 1.49. The quantitative estimate of drug-likeness (QED) is 0.313. The number of pyridine rings is 1. The van der Waals surface area contributed by atoms with Gasteiger partial charge in [-0.05, 0) is 6.07 Å². The molecule has 15 heteroatoms. The van der Waals surface area contributed by atoms with E-state index < -0.39 is 41.8 Å². The summed E-state index contributed by atoms with van der Waals surface area (Å²) in [5.41, 5.74) is -2.03. The Bertz CT molecular complexity index is 1980. The van der Waals surface area contributed by atoms with E-state index in [0.717, 1.165) is 6.07 Å². The van der Waals surface area contributed by atoms with Crippen LogP contribution < -0.4 is 25.7 Å². The summed E-state index contributed by atoms with van der Waals surface area (Å²) >= 11 is 6.05. The van der Waals surface area contributed by atoms with E-state index in [1.54, 1.807) is 5.32 Å². The molecule has 0 atom stereocenters. The number of anilines is 1. The zero-order valence-electron chi connectivity index (χ0n) is 23.4. The number of H-pyrrole nitrogens is 1. The fourth-order valence-electron chi connectivity index (χ4n) is 4.64. The predicted octanol–water partition coefficient (Wildman–Crippen LogP) is 2.72. The van der Waals surface area contributed by atoms with Gasteiger partial charge in [0.1, 0.15) is 22.8 Å². The Morgan fingerprint density at radius 3 is 2.92 bits per heavy atom. The van der Waals surface area contributed by atoms with Gasteiger partial charge in [-0.1, -0.05) is 0 Å². The summed E-state index contributed by atoms with van der Waals surface area (Å²) < 4.78 is 50.0. The number of rotatable bonds is 4. The molecule has 4 heterocycles. The van der Waals surface area contributed by atoms with E-state index in [1.807, 2.05) is 6.07 Å². The molecule has 0 radical (unpaired) electrons. The van der Waals surface area contributed by atoms with Crippen LogP contribution >= 0.6 is 11.6 Å². The number of carbonyl (C=O) groups excluding carboxylic acids is 2. The van der Waals surface area contributed by atoms with E-state index in [0.29, 0.717) is 12.8 Å². The number of hydrogen-bond acceptors (Lipinski definition) is 9. The summed E-state index contributed by atoms with van der Waals surface area (Å²) in [5, 5.41) is 24.6. The first-order valence-corrected chi connectivity index (χ1v) is 12.2. The highest BCUT2D eigenvalue weighted by Gasteiger charge is 2.56. The second kappa shape index (κ2) is 9.02. The van der Waals surface area contributed by atoms with Gasteiger partial charge in [-0.3, -0.25) is 14.3 Å². The Hall–Kier alpha value is -5.03. The number of nitriles is 1. The third kappa shape index (κ3) is 3.74. The second-order valence-corrected chi connectivity index (χ2v) is 9.33. The molecule has 0 unspecified atom stereocenters. The number of nitrogens with zero attached hydrogens (tertiary/aromatic N) is 5. The highest BCUT2D eigenvalue weighted by atomic mass is 35.5. The Morgan fingerprint density at radius 2 is 2.23 bits per heavy atom. The van der Waals surface area contributed by atoms with Gasteiger partial charge in [-0.15, -0.1) is 11.6 Å². The van der Waals surface area contributed by atoms with Gasteiger partial charge < -0.3 is 20.1 Å². The number of fused-ring (bicyclic) bond motifs is 2. The molecule has 40 heavy (non-hydrogen) atoms. The average molecular weight is 568 g/mol. The zero-order chi connectivity index (χ0) is 30.8. The molecule has 2 aliphatic rings.